The average molecular weight is 193 g/mol. The molecule has 0 aliphatic heterocycles. The van der Waals surface area contributed by atoms with Gasteiger partial charge in [0.15, 0.2) is 0 Å². The van der Waals surface area contributed by atoms with Crippen molar-refractivity contribution in [2.45, 2.75) is 46.1 Å². The second kappa shape index (κ2) is 5.63. The van der Waals surface area contributed by atoms with Crippen LogP contribution in [0.3, 0.4) is 0 Å². The number of aryl methyl sites for hydroxylation is 1. The lowest BCUT2D eigenvalue weighted by molar-refractivity contribution is 0.192. The third-order valence-corrected chi connectivity index (χ3v) is 2.37. The predicted molar refractivity (Wildman–Crippen MR) is 58.6 cm³/mol. The molecule has 2 nitrogen and oxygen atoms in total. The summed E-state index contributed by atoms with van der Waals surface area (Å²) in [6.07, 6.45) is 5.21. The summed E-state index contributed by atoms with van der Waals surface area (Å²) in [5.41, 5.74) is 1.11. The van der Waals surface area contributed by atoms with Gasteiger partial charge in [-0.2, -0.15) is 0 Å². The van der Waals surface area contributed by atoms with Gasteiger partial charge in [0.05, 0.1) is 12.3 Å². The van der Waals surface area contributed by atoms with Gasteiger partial charge >= 0.3 is 0 Å². The van der Waals surface area contributed by atoms with Crippen LogP contribution in [-0.4, -0.2) is 11.1 Å². The molecule has 2 heteroatoms. The maximum atomic E-state index is 5.75. The van der Waals surface area contributed by atoms with Crippen molar-refractivity contribution >= 4 is 0 Å². The van der Waals surface area contributed by atoms with Crippen molar-refractivity contribution in [3.05, 3.63) is 24.0 Å². The molecule has 1 heterocycles. The zero-order valence-corrected chi connectivity index (χ0v) is 9.29. The molecule has 0 spiro atoms. The second-order valence-corrected chi connectivity index (χ2v) is 3.40. The molecule has 0 radical (unpaired) electrons. The highest BCUT2D eigenvalue weighted by Gasteiger charge is 2.04. The van der Waals surface area contributed by atoms with Gasteiger partial charge < -0.3 is 4.74 Å². The van der Waals surface area contributed by atoms with E-state index in [-0.39, 0.29) is 0 Å². The van der Waals surface area contributed by atoms with E-state index in [0.717, 1.165) is 30.7 Å². The molecule has 0 aliphatic rings. The monoisotopic (exact) mass is 193 g/mol. The SMILES string of the molecule is CCc1ccc(OC(CC)CC)cn1. The van der Waals surface area contributed by atoms with Gasteiger partial charge in [-0.1, -0.05) is 20.8 Å². The Morgan fingerprint density at radius 2 is 1.93 bits per heavy atom. The summed E-state index contributed by atoms with van der Waals surface area (Å²) in [6.45, 7) is 6.38. The van der Waals surface area contributed by atoms with Gasteiger partial charge in [0.25, 0.3) is 0 Å². The molecule has 1 aromatic heterocycles. The zero-order valence-electron chi connectivity index (χ0n) is 9.29. The van der Waals surface area contributed by atoms with Gasteiger partial charge in [0, 0.05) is 5.69 Å². The third-order valence-electron chi connectivity index (χ3n) is 2.37. The summed E-state index contributed by atoms with van der Waals surface area (Å²) in [4.78, 5) is 4.29. The lowest BCUT2D eigenvalue weighted by atomic mass is 10.2. The zero-order chi connectivity index (χ0) is 10.4. The van der Waals surface area contributed by atoms with Gasteiger partial charge in [0.1, 0.15) is 5.75 Å². The van der Waals surface area contributed by atoms with Gasteiger partial charge in [-0.05, 0) is 31.4 Å². The van der Waals surface area contributed by atoms with Crippen LogP contribution in [0.4, 0.5) is 0 Å². The summed E-state index contributed by atoms with van der Waals surface area (Å²) in [6, 6.07) is 4.03. The molecule has 0 bridgehead atoms. The topological polar surface area (TPSA) is 22.1 Å². The van der Waals surface area contributed by atoms with Crippen molar-refractivity contribution in [3.8, 4) is 5.75 Å². The van der Waals surface area contributed by atoms with Crippen LogP contribution in [0.15, 0.2) is 18.3 Å². The molecule has 0 aliphatic carbocycles. The van der Waals surface area contributed by atoms with Crippen LogP contribution >= 0.6 is 0 Å². The molecule has 0 atom stereocenters. The Hall–Kier alpha value is -1.05. The molecule has 14 heavy (non-hydrogen) atoms. The number of pyridine rings is 1. The van der Waals surface area contributed by atoms with Crippen molar-refractivity contribution in [2.24, 2.45) is 0 Å². The number of aromatic nitrogens is 1. The van der Waals surface area contributed by atoms with E-state index in [9.17, 15) is 0 Å². The van der Waals surface area contributed by atoms with E-state index in [1.165, 1.54) is 0 Å². The minimum atomic E-state index is 0.323. The van der Waals surface area contributed by atoms with E-state index < -0.39 is 0 Å². The van der Waals surface area contributed by atoms with Crippen LogP contribution in [0.5, 0.6) is 5.75 Å². The van der Waals surface area contributed by atoms with Crippen molar-refractivity contribution in [1.29, 1.82) is 0 Å². The lowest BCUT2D eigenvalue weighted by Crippen LogP contribution is -2.13. The first-order valence-electron chi connectivity index (χ1n) is 5.41. The molecule has 0 fully saturated rings. The number of hydrogen-bond acceptors (Lipinski definition) is 2. The quantitative estimate of drug-likeness (QED) is 0.716. The highest BCUT2D eigenvalue weighted by atomic mass is 16.5. The number of hydrogen-bond donors (Lipinski definition) is 0. The molecule has 0 aromatic carbocycles. The molecule has 78 valence electrons. The molecule has 0 saturated carbocycles. The second-order valence-electron chi connectivity index (χ2n) is 3.40. The van der Waals surface area contributed by atoms with Gasteiger partial charge in [-0.15, -0.1) is 0 Å². The first-order valence-corrected chi connectivity index (χ1v) is 5.41. The Morgan fingerprint density at radius 3 is 2.36 bits per heavy atom. The van der Waals surface area contributed by atoms with E-state index in [0.29, 0.717) is 6.10 Å². The molecule has 0 amide bonds. The highest BCUT2D eigenvalue weighted by molar-refractivity contribution is 5.20. The fourth-order valence-electron chi connectivity index (χ4n) is 1.34. The van der Waals surface area contributed by atoms with E-state index in [1.54, 1.807) is 0 Å². The van der Waals surface area contributed by atoms with E-state index in [1.807, 2.05) is 18.3 Å². The Bertz CT molecular complexity index is 252. The van der Waals surface area contributed by atoms with E-state index in [2.05, 4.69) is 25.8 Å². The Balaban J connectivity index is 2.58. The molecule has 0 saturated heterocycles. The number of rotatable bonds is 5. The molecular weight excluding hydrogens is 174 g/mol. The minimum absolute atomic E-state index is 0.323. The lowest BCUT2D eigenvalue weighted by Gasteiger charge is -2.15. The van der Waals surface area contributed by atoms with E-state index in [4.69, 9.17) is 4.74 Å². The predicted octanol–water partition coefficient (Wildman–Crippen LogP) is 3.21. The first-order chi connectivity index (χ1) is 6.80. The van der Waals surface area contributed by atoms with Crippen LogP contribution in [0, 0.1) is 0 Å². The number of ether oxygens (including phenoxy) is 1. The summed E-state index contributed by atoms with van der Waals surface area (Å²) in [5.74, 6) is 0.885. The molecule has 0 unspecified atom stereocenters. The standard InChI is InChI=1S/C12H19NO/c1-4-10-7-8-12(9-13-10)14-11(5-2)6-3/h7-9,11H,4-6H2,1-3H3. The highest BCUT2D eigenvalue weighted by Crippen LogP contribution is 2.14. The van der Waals surface area contributed by atoms with Crippen molar-refractivity contribution in [1.82, 2.24) is 4.98 Å². The molecule has 0 N–H and O–H groups in total. The fraction of sp³-hybridized carbons (Fsp3) is 0.583. The Labute approximate surface area is 86.3 Å². The normalized spacial score (nSPS) is 10.6. The van der Waals surface area contributed by atoms with E-state index >= 15 is 0 Å². The molecule has 1 rings (SSSR count). The molecular formula is C12H19NO. The third kappa shape index (κ3) is 3.02. The van der Waals surface area contributed by atoms with Crippen molar-refractivity contribution < 1.29 is 4.74 Å². The smallest absolute Gasteiger partial charge is 0.138 e. The van der Waals surface area contributed by atoms with Crippen molar-refractivity contribution in [3.63, 3.8) is 0 Å². The minimum Gasteiger partial charge on any atom is -0.489 e. The maximum Gasteiger partial charge on any atom is 0.138 e. The largest absolute Gasteiger partial charge is 0.489 e. The van der Waals surface area contributed by atoms with Gasteiger partial charge in [-0.3, -0.25) is 4.98 Å². The Morgan fingerprint density at radius 1 is 1.21 bits per heavy atom. The summed E-state index contributed by atoms with van der Waals surface area (Å²) < 4.78 is 5.75. The Kier molecular flexibility index (Phi) is 4.44. The van der Waals surface area contributed by atoms with Crippen LogP contribution < -0.4 is 4.74 Å². The summed E-state index contributed by atoms with van der Waals surface area (Å²) >= 11 is 0. The van der Waals surface area contributed by atoms with Crippen LogP contribution in [0.1, 0.15) is 39.3 Å². The van der Waals surface area contributed by atoms with Crippen LogP contribution in [-0.2, 0) is 6.42 Å². The first kappa shape index (κ1) is 11.0. The summed E-state index contributed by atoms with van der Waals surface area (Å²) in [5, 5.41) is 0. The van der Waals surface area contributed by atoms with Crippen LogP contribution in [0.25, 0.3) is 0 Å². The van der Waals surface area contributed by atoms with Gasteiger partial charge in [-0.25, -0.2) is 0 Å². The number of nitrogens with zero attached hydrogens (tertiary/aromatic N) is 1. The maximum absolute atomic E-state index is 5.75. The average Bonchev–Trinajstić information content (AvgIpc) is 2.26. The fourth-order valence-corrected chi connectivity index (χ4v) is 1.34. The van der Waals surface area contributed by atoms with Crippen molar-refractivity contribution in [2.75, 3.05) is 0 Å². The van der Waals surface area contributed by atoms with Gasteiger partial charge in [0.2, 0.25) is 0 Å². The van der Waals surface area contributed by atoms with Crippen LogP contribution in [0.2, 0.25) is 0 Å². The summed E-state index contributed by atoms with van der Waals surface area (Å²) in [7, 11) is 0. The molecule has 1 aromatic rings.